The van der Waals surface area contributed by atoms with Gasteiger partial charge in [-0.05, 0) is 26.0 Å². The van der Waals surface area contributed by atoms with Gasteiger partial charge in [0.05, 0.1) is 0 Å². The summed E-state index contributed by atoms with van der Waals surface area (Å²) < 4.78 is 1.80. The normalized spacial score (nSPS) is 11.1. The van der Waals surface area contributed by atoms with E-state index in [4.69, 9.17) is 0 Å². The van der Waals surface area contributed by atoms with Crippen LogP contribution >= 0.6 is 11.3 Å². The fourth-order valence-corrected chi connectivity index (χ4v) is 2.72. The maximum Gasteiger partial charge on any atom is 0.234 e. The summed E-state index contributed by atoms with van der Waals surface area (Å²) in [5.74, 6) is 0.837. The van der Waals surface area contributed by atoms with Crippen LogP contribution in [-0.2, 0) is 6.42 Å². The van der Waals surface area contributed by atoms with Crippen molar-refractivity contribution >= 4 is 22.0 Å². The van der Waals surface area contributed by atoms with E-state index in [0.29, 0.717) is 0 Å². The van der Waals surface area contributed by atoms with Crippen molar-refractivity contribution in [2.24, 2.45) is 0 Å². The van der Waals surface area contributed by atoms with Crippen molar-refractivity contribution in [3.05, 3.63) is 40.7 Å². The van der Waals surface area contributed by atoms with E-state index < -0.39 is 0 Å². The molecule has 5 nitrogen and oxygen atoms in total. The van der Waals surface area contributed by atoms with Gasteiger partial charge in [0.1, 0.15) is 5.01 Å². The van der Waals surface area contributed by atoms with E-state index in [9.17, 15) is 0 Å². The van der Waals surface area contributed by atoms with E-state index in [-0.39, 0.29) is 0 Å². The summed E-state index contributed by atoms with van der Waals surface area (Å²) >= 11 is 1.59. The fraction of sp³-hybridized carbons (Fsp3) is 0.308. The number of nitrogens with zero attached hydrogens (tertiary/aromatic N) is 4. The summed E-state index contributed by atoms with van der Waals surface area (Å²) in [4.78, 5) is 0.864. The molecule has 0 atom stereocenters. The number of fused-ring (bicyclic) bond motifs is 1. The van der Waals surface area contributed by atoms with E-state index in [1.807, 2.05) is 6.92 Å². The van der Waals surface area contributed by atoms with E-state index in [0.717, 1.165) is 34.4 Å². The molecule has 2 heterocycles. The second-order valence-electron chi connectivity index (χ2n) is 4.48. The van der Waals surface area contributed by atoms with Gasteiger partial charge >= 0.3 is 0 Å². The molecule has 0 saturated carbocycles. The highest BCUT2D eigenvalue weighted by Crippen LogP contribution is 2.14. The molecule has 0 aliphatic heterocycles. The lowest BCUT2D eigenvalue weighted by Gasteiger charge is -2.04. The molecular weight excluding hydrogens is 258 g/mol. The maximum absolute atomic E-state index is 4.49. The summed E-state index contributed by atoms with van der Waals surface area (Å²) in [5.41, 5.74) is 2.42. The molecule has 0 fully saturated rings. The Morgan fingerprint density at radius 3 is 2.68 bits per heavy atom. The van der Waals surface area contributed by atoms with E-state index in [1.165, 1.54) is 5.56 Å². The first kappa shape index (κ1) is 12.1. The van der Waals surface area contributed by atoms with Crippen LogP contribution in [0.25, 0.3) is 4.96 Å². The topological polar surface area (TPSA) is 55.1 Å². The first-order valence-electron chi connectivity index (χ1n) is 6.20. The number of rotatable bonds is 4. The van der Waals surface area contributed by atoms with Gasteiger partial charge in [-0.3, -0.25) is 0 Å². The largest absolute Gasteiger partial charge is 0.385 e. The van der Waals surface area contributed by atoms with Gasteiger partial charge in [0.2, 0.25) is 4.96 Å². The summed E-state index contributed by atoms with van der Waals surface area (Å²) in [5, 5.41) is 17.0. The molecule has 3 aromatic rings. The van der Waals surface area contributed by atoms with Gasteiger partial charge in [-0.2, -0.15) is 9.61 Å². The Balaban J connectivity index is 1.61. The number of hydrogen-bond acceptors (Lipinski definition) is 5. The molecule has 98 valence electrons. The Morgan fingerprint density at radius 2 is 1.95 bits per heavy atom. The van der Waals surface area contributed by atoms with Crippen LogP contribution in [-0.4, -0.2) is 26.4 Å². The standard InChI is InChI=1S/C13H15N5S/c1-9-3-5-11(6-4-9)14-8-7-12-17-18-10(2)15-16-13(18)19-12/h3-6,14H,7-8H2,1-2H3. The van der Waals surface area contributed by atoms with Gasteiger partial charge < -0.3 is 5.32 Å². The molecule has 0 spiro atoms. The average Bonchev–Trinajstić information content (AvgIpc) is 2.95. The molecule has 0 unspecified atom stereocenters. The monoisotopic (exact) mass is 273 g/mol. The van der Waals surface area contributed by atoms with Crippen molar-refractivity contribution in [3.8, 4) is 0 Å². The highest BCUT2D eigenvalue weighted by molar-refractivity contribution is 7.16. The third-order valence-electron chi connectivity index (χ3n) is 2.91. The minimum Gasteiger partial charge on any atom is -0.385 e. The van der Waals surface area contributed by atoms with Crippen LogP contribution in [0.3, 0.4) is 0 Å². The molecule has 1 aromatic carbocycles. The molecule has 19 heavy (non-hydrogen) atoms. The third kappa shape index (κ3) is 2.58. The van der Waals surface area contributed by atoms with Crippen molar-refractivity contribution < 1.29 is 0 Å². The van der Waals surface area contributed by atoms with Gasteiger partial charge in [-0.1, -0.05) is 29.0 Å². The third-order valence-corrected chi connectivity index (χ3v) is 3.87. The molecule has 0 aliphatic rings. The van der Waals surface area contributed by atoms with Gasteiger partial charge in [0.25, 0.3) is 0 Å². The molecule has 3 rings (SSSR count). The van der Waals surface area contributed by atoms with Crippen LogP contribution < -0.4 is 5.32 Å². The van der Waals surface area contributed by atoms with Crippen molar-refractivity contribution in [2.45, 2.75) is 20.3 Å². The molecule has 1 N–H and O–H groups in total. The van der Waals surface area contributed by atoms with Crippen LogP contribution in [0, 0.1) is 13.8 Å². The first-order chi connectivity index (χ1) is 9.22. The number of hydrogen-bond donors (Lipinski definition) is 1. The molecule has 0 bridgehead atoms. The smallest absolute Gasteiger partial charge is 0.234 e. The minimum absolute atomic E-state index is 0.837. The summed E-state index contributed by atoms with van der Waals surface area (Å²) in [7, 11) is 0. The van der Waals surface area contributed by atoms with E-state index >= 15 is 0 Å². The zero-order chi connectivity index (χ0) is 13.2. The Labute approximate surface area is 115 Å². The SMILES string of the molecule is Cc1ccc(NCCc2nn3c(C)nnc3s2)cc1. The van der Waals surface area contributed by atoms with Gasteiger partial charge in [-0.25, -0.2) is 0 Å². The average molecular weight is 273 g/mol. The van der Waals surface area contributed by atoms with Crippen molar-refractivity contribution in [1.82, 2.24) is 19.8 Å². The second-order valence-corrected chi connectivity index (χ2v) is 5.52. The summed E-state index contributed by atoms with van der Waals surface area (Å²) in [6.07, 6.45) is 0.890. The minimum atomic E-state index is 0.837. The van der Waals surface area contributed by atoms with E-state index in [1.54, 1.807) is 15.9 Å². The molecule has 2 aromatic heterocycles. The predicted octanol–water partition coefficient (Wildman–Crippen LogP) is 2.46. The van der Waals surface area contributed by atoms with Crippen LogP contribution in [0.1, 0.15) is 16.4 Å². The Bertz CT molecular complexity index is 683. The fourth-order valence-electron chi connectivity index (χ4n) is 1.84. The van der Waals surface area contributed by atoms with Crippen LogP contribution in [0.15, 0.2) is 24.3 Å². The Hall–Kier alpha value is -1.95. The lowest BCUT2D eigenvalue weighted by atomic mass is 10.2. The highest BCUT2D eigenvalue weighted by Gasteiger charge is 2.07. The quantitative estimate of drug-likeness (QED) is 0.793. The lowest BCUT2D eigenvalue weighted by Crippen LogP contribution is -2.05. The second kappa shape index (κ2) is 4.97. The molecular formula is C13H15N5S. The first-order valence-corrected chi connectivity index (χ1v) is 7.02. The number of anilines is 1. The number of aryl methyl sites for hydroxylation is 2. The van der Waals surface area contributed by atoms with E-state index in [2.05, 4.69) is 51.8 Å². The van der Waals surface area contributed by atoms with Crippen molar-refractivity contribution in [2.75, 3.05) is 11.9 Å². The van der Waals surface area contributed by atoms with Gasteiger partial charge in [0, 0.05) is 18.7 Å². The number of aromatic nitrogens is 4. The predicted molar refractivity (Wildman–Crippen MR) is 76.8 cm³/mol. The zero-order valence-electron chi connectivity index (χ0n) is 10.9. The Morgan fingerprint density at radius 1 is 1.16 bits per heavy atom. The van der Waals surface area contributed by atoms with Crippen molar-refractivity contribution in [1.29, 1.82) is 0 Å². The molecule has 6 heteroatoms. The zero-order valence-corrected chi connectivity index (χ0v) is 11.7. The maximum atomic E-state index is 4.49. The Kier molecular flexibility index (Phi) is 3.16. The number of benzene rings is 1. The summed E-state index contributed by atoms with van der Waals surface area (Å²) in [6.45, 7) is 4.87. The number of nitrogens with one attached hydrogen (secondary N) is 1. The molecule has 0 saturated heterocycles. The molecule has 0 radical (unpaired) electrons. The van der Waals surface area contributed by atoms with Crippen LogP contribution in [0.2, 0.25) is 0 Å². The lowest BCUT2D eigenvalue weighted by molar-refractivity contribution is 0.846. The summed E-state index contributed by atoms with van der Waals surface area (Å²) in [6, 6.07) is 8.40. The molecule has 0 amide bonds. The van der Waals surface area contributed by atoms with Gasteiger partial charge in [-0.15, -0.1) is 10.2 Å². The van der Waals surface area contributed by atoms with Crippen LogP contribution in [0.5, 0.6) is 0 Å². The van der Waals surface area contributed by atoms with Crippen molar-refractivity contribution in [3.63, 3.8) is 0 Å². The van der Waals surface area contributed by atoms with Crippen LogP contribution in [0.4, 0.5) is 5.69 Å². The highest BCUT2D eigenvalue weighted by atomic mass is 32.1. The molecule has 0 aliphatic carbocycles. The van der Waals surface area contributed by atoms with Gasteiger partial charge in [0.15, 0.2) is 5.82 Å².